The molecule has 0 N–H and O–H groups in total. The zero-order valence-corrected chi connectivity index (χ0v) is 10.9. The average molecular weight is 234 g/mol. The molecule has 0 bridgehead atoms. The molecule has 0 saturated heterocycles. The minimum Gasteiger partial charge on any atom is -0.335 e. The minimum absolute atomic E-state index is 0.293. The number of hydrogen-bond donors (Lipinski definition) is 0. The summed E-state index contributed by atoms with van der Waals surface area (Å²) < 4.78 is 2.06. The lowest BCUT2D eigenvalue weighted by Gasteiger charge is -2.10. The third-order valence-corrected chi connectivity index (χ3v) is 4.05. The van der Waals surface area contributed by atoms with Gasteiger partial charge in [-0.3, -0.25) is 4.79 Å². The zero-order valence-electron chi connectivity index (χ0n) is 10.9. The molecule has 17 heavy (non-hydrogen) atoms. The lowest BCUT2D eigenvalue weighted by Crippen LogP contribution is -2.17. The van der Waals surface area contributed by atoms with Crippen molar-refractivity contribution in [2.75, 3.05) is 0 Å². The van der Waals surface area contributed by atoms with Gasteiger partial charge in [0.2, 0.25) is 0 Å². The molecule has 0 radical (unpaired) electrons. The number of carbonyl (C=O) groups excluding carboxylic acids is 1. The predicted octanol–water partition coefficient (Wildman–Crippen LogP) is 2.84. The van der Waals surface area contributed by atoms with Gasteiger partial charge in [-0.15, -0.1) is 0 Å². The Kier molecular flexibility index (Phi) is 3.97. The van der Waals surface area contributed by atoms with E-state index in [0.29, 0.717) is 18.1 Å². The predicted molar refractivity (Wildman–Crippen MR) is 67.7 cm³/mol. The highest BCUT2D eigenvalue weighted by atomic mass is 16.1. The number of nitrogens with zero attached hydrogens (tertiary/aromatic N) is 2. The first kappa shape index (κ1) is 12.3. The van der Waals surface area contributed by atoms with Crippen LogP contribution in [0.5, 0.6) is 0 Å². The Bertz CT molecular complexity index is 383. The maximum atomic E-state index is 12.2. The van der Waals surface area contributed by atoms with Gasteiger partial charge < -0.3 is 4.57 Å². The van der Waals surface area contributed by atoms with E-state index in [1.54, 1.807) is 6.20 Å². The van der Waals surface area contributed by atoms with Crippen LogP contribution >= 0.6 is 0 Å². The monoisotopic (exact) mass is 234 g/mol. The van der Waals surface area contributed by atoms with E-state index in [9.17, 15) is 4.79 Å². The van der Waals surface area contributed by atoms with Crippen LogP contribution in [-0.2, 0) is 17.8 Å². The number of rotatable bonds is 5. The van der Waals surface area contributed by atoms with Gasteiger partial charge >= 0.3 is 0 Å². The van der Waals surface area contributed by atoms with Crippen molar-refractivity contribution in [1.29, 1.82) is 0 Å². The SMILES string of the molecule is CCC1CCC(C(=O)Cc2nccn2CC)C1. The van der Waals surface area contributed by atoms with Crippen LogP contribution in [0, 0.1) is 11.8 Å². The fraction of sp³-hybridized carbons (Fsp3) is 0.714. The Morgan fingerprint density at radius 2 is 2.29 bits per heavy atom. The van der Waals surface area contributed by atoms with Crippen molar-refractivity contribution in [3.05, 3.63) is 18.2 Å². The fourth-order valence-corrected chi connectivity index (χ4v) is 2.83. The van der Waals surface area contributed by atoms with Gasteiger partial charge in [-0.25, -0.2) is 4.98 Å². The summed E-state index contributed by atoms with van der Waals surface area (Å²) in [6.45, 7) is 5.20. The molecule has 3 heteroatoms. The first-order valence-electron chi connectivity index (χ1n) is 6.77. The van der Waals surface area contributed by atoms with Crippen molar-refractivity contribution >= 4 is 5.78 Å². The molecule has 94 valence electrons. The molecule has 0 spiro atoms. The lowest BCUT2D eigenvalue weighted by molar-refractivity contribution is -0.122. The second-order valence-electron chi connectivity index (χ2n) is 5.06. The summed E-state index contributed by atoms with van der Waals surface area (Å²) in [6, 6.07) is 0. The molecule has 1 aliphatic rings. The first-order valence-corrected chi connectivity index (χ1v) is 6.77. The maximum absolute atomic E-state index is 12.2. The van der Waals surface area contributed by atoms with Crippen LogP contribution in [0.3, 0.4) is 0 Å². The van der Waals surface area contributed by atoms with Gasteiger partial charge in [0, 0.05) is 24.9 Å². The minimum atomic E-state index is 0.293. The molecule has 1 aliphatic carbocycles. The van der Waals surface area contributed by atoms with Crippen molar-refractivity contribution in [3.63, 3.8) is 0 Å². The van der Waals surface area contributed by atoms with Crippen molar-refractivity contribution in [3.8, 4) is 0 Å². The van der Waals surface area contributed by atoms with Crippen molar-refractivity contribution in [2.24, 2.45) is 11.8 Å². The van der Waals surface area contributed by atoms with Gasteiger partial charge in [0.1, 0.15) is 11.6 Å². The molecule has 1 heterocycles. The van der Waals surface area contributed by atoms with E-state index in [1.807, 2.05) is 6.20 Å². The normalized spacial score (nSPS) is 24.1. The molecule has 0 aromatic carbocycles. The van der Waals surface area contributed by atoms with E-state index in [0.717, 1.165) is 31.1 Å². The molecule has 2 rings (SSSR count). The molecule has 2 atom stereocenters. The summed E-state index contributed by atoms with van der Waals surface area (Å²) >= 11 is 0. The van der Waals surface area contributed by atoms with Gasteiger partial charge in [-0.1, -0.05) is 13.3 Å². The van der Waals surface area contributed by atoms with Gasteiger partial charge in [0.05, 0.1) is 6.42 Å². The van der Waals surface area contributed by atoms with Crippen LogP contribution in [0.25, 0.3) is 0 Å². The lowest BCUT2D eigenvalue weighted by atomic mass is 9.97. The quantitative estimate of drug-likeness (QED) is 0.785. The largest absolute Gasteiger partial charge is 0.335 e. The second-order valence-corrected chi connectivity index (χ2v) is 5.06. The van der Waals surface area contributed by atoms with E-state index in [-0.39, 0.29) is 0 Å². The molecule has 0 amide bonds. The molecular weight excluding hydrogens is 212 g/mol. The number of carbonyl (C=O) groups is 1. The molecule has 1 aromatic rings. The third-order valence-electron chi connectivity index (χ3n) is 4.05. The highest BCUT2D eigenvalue weighted by Gasteiger charge is 2.29. The summed E-state index contributed by atoms with van der Waals surface area (Å²) in [4.78, 5) is 16.5. The van der Waals surface area contributed by atoms with Gasteiger partial charge in [0.15, 0.2) is 0 Å². The van der Waals surface area contributed by atoms with Crippen molar-refractivity contribution in [1.82, 2.24) is 9.55 Å². The summed E-state index contributed by atoms with van der Waals surface area (Å²) in [6.07, 6.45) is 8.89. The Balaban J connectivity index is 1.93. The number of aryl methyl sites for hydroxylation is 1. The van der Waals surface area contributed by atoms with Crippen LogP contribution in [0.2, 0.25) is 0 Å². The van der Waals surface area contributed by atoms with Crippen LogP contribution in [-0.4, -0.2) is 15.3 Å². The topological polar surface area (TPSA) is 34.9 Å². The molecule has 1 aromatic heterocycles. The molecule has 1 saturated carbocycles. The molecule has 3 nitrogen and oxygen atoms in total. The number of hydrogen-bond acceptors (Lipinski definition) is 2. The highest BCUT2D eigenvalue weighted by molar-refractivity contribution is 5.82. The van der Waals surface area contributed by atoms with Crippen molar-refractivity contribution < 1.29 is 4.79 Å². The van der Waals surface area contributed by atoms with E-state index in [4.69, 9.17) is 0 Å². The first-order chi connectivity index (χ1) is 8.24. The zero-order chi connectivity index (χ0) is 12.3. The van der Waals surface area contributed by atoms with E-state index in [2.05, 4.69) is 23.4 Å². The second kappa shape index (κ2) is 5.48. The molecular formula is C14H22N2O. The van der Waals surface area contributed by atoms with Crippen LogP contribution in [0.15, 0.2) is 12.4 Å². The summed E-state index contributed by atoms with van der Waals surface area (Å²) in [5.74, 6) is 2.39. The molecule has 0 aliphatic heterocycles. The number of Topliss-reactive ketones (excluding diaryl/α,β-unsaturated/α-hetero) is 1. The smallest absolute Gasteiger partial charge is 0.143 e. The number of imidazole rings is 1. The van der Waals surface area contributed by atoms with E-state index in [1.165, 1.54) is 12.8 Å². The Morgan fingerprint density at radius 3 is 2.94 bits per heavy atom. The van der Waals surface area contributed by atoms with E-state index >= 15 is 0 Å². The van der Waals surface area contributed by atoms with Crippen LogP contribution in [0.4, 0.5) is 0 Å². The summed E-state index contributed by atoms with van der Waals surface area (Å²) in [5, 5.41) is 0. The van der Waals surface area contributed by atoms with Gasteiger partial charge in [-0.2, -0.15) is 0 Å². The van der Waals surface area contributed by atoms with Crippen molar-refractivity contribution in [2.45, 2.75) is 52.5 Å². The Labute approximate surface area is 103 Å². The molecule has 1 fully saturated rings. The third kappa shape index (κ3) is 2.76. The fourth-order valence-electron chi connectivity index (χ4n) is 2.83. The average Bonchev–Trinajstić information content (AvgIpc) is 2.96. The standard InChI is InChI=1S/C14H22N2O/c1-3-11-5-6-12(9-11)13(17)10-14-15-7-8-16(14)4-2/h7-8,11-12H,3-6,9-10H2,1-2H3. The molecule has 2 unspecified atom stereocenters. The summed E-state index contributed by atoms with van der Waals surface area (Å²) in [7, 11) is 0. The summed E-state index contributed by atoms with van der Waals surface area (Å²) in [5.41, 5.74) is 0. The van der Waals surface area contributed by atoms with Gasteiger partial charge in [0.25, 0.3) is 0 Å². The van der Waals surface area contributed by atoms with Crippen LogP contribution < -0.4 is 0 Å². The van der Waals surface area contributed by atoms with Crippen LogP contribution in [0.1, 0.15) is 45.4 Å². The Hall–Kier alpha value is -1.12. The number of aromatic nitrogens is 2. The maximum Gasteiger partial charge on any atom is 0.143 e. The van der Waals surface area contributed by atoms with Gasteiger partial charge in [-0.05, 0) is 32.1 Å². The Morgan fingerprint density at radius 1 is 1.47 bits per heavy atom. The van der Waals surface area contributed by atoms with E-state index < -0.39 is 0 Å². The highest BCUT2D eigenvalue weighted by Crippen LogP contribution is 2.33. The number of ketones is 1.